The number of carbonyl (C=O) groups is 1. The molecule has 1 aromatic rings. The van der Waals surface area contributed by atoms with Gasteiger partial charge in [0.2, 0.25) is 0 Å². The lowest BCUT2D eigenvalue weighted by atomic mass is 9.91. The highest BCUT2D eigenvalue weighted by atomic mass is 16.4. The summed E-state index contributed by atoms with van der Waals surface area (Å²) in [6.07, 6.45) is 2.83. The van der Waals surface area contributed by atoms with E-state index in [0.717, 1.165) is 24.0 Å². The van der Waals surface area contributed by atoms with E-state index in [1.165, 1.54) is 0 Å². The van der Waals surface area contributed by atoms with Gasteiger partial charge >= 0.3 is 5.97 Å². The smallest absolute Gasteiger partial charge is 0.304 e. The number of carboxylic acids is 1. The van der Waals surface area contributed by atoms with Crippen LogP contribution in [0.2, 0.25) is 0 Å². The SMILES string of the molecule is O=C(O)CC1(c2ccc(CCO)cc2)CC1. The predicted octanol–water partition coefficient (Wildman–Crippen LogP) is 1.73. The fourth-order valence-electron chi connectivity index (χ4n) is 2.16. The van der Waals surface area contributed by atoms with E-state index in [1.807, 2.05) is 24.3 Å². The molecule has 86 valence electrons. The molecule has 16 heavy (non-hydrogen) atoms. The average Bonchev–Trinajstić information content (AvgIpc) is 2.99. The minimum absolute atomic E-state index is 0.108. The summed E-state index contributed by atoms with van der Waals surface area (Å²) in [5.74, 6) is -0.725. The van der Waals surface area contributed by atoms with E-state index >= 15 is 0 Å². The maximum atomic E-state index is 10.8. The monoisotopic (exact) mass is 220 g/mol. The van der Waals surface area contributed by atoms with E-state index in [0.29, 0.717) is 6.42 Å². The van der Waals surface area contributed by atoms with Gasteiger partial charge in [-0.25, -0.2) is 0 Å². The molecule has 1 aliphatic rings. The van der Waals surface area contributed by atoms with E-state index in [9.17, 15) is 4.79 Å². The molecule has 0 radical (unpaired) electrons. The first-order valence-corrected chi connectivity index (χ1v) is 5.58. The second kappa shape index (κ2) is 4.26. The van der Waals surface area contributed by atoms with Gasteiger partial charge in [0.05, 0.1) is 6.42 Å². The van der Waals surface area contributed by atoms with Gasteiger partial charge in [0.1, 0.15) is 0 Å². The number of rotatable bonds is 5. The maximum Gasteiger partial charge on any atom is 0.304 e. The lowest BCUT2D eigenvalue weighted by Gasteiger charge is -2.13. The second-order valence-corrected chi connectivity index (χ2v) is 4.52. The average molecular weight is 220 g/mol. The van der Waals surface area contributed by atoms with Crippen molar-refractivity contribution in [3.8, 4) is 0 Å². The number of aliphatic carboxylic acids is 1. The number of aliphatic hydroxyl groups excluding tert-OH is 1. The minimum Gasteiger partial charge on any atom is -0.481 e. The van der Waals surface area contributed by atoms with E-state index in [1.54, 1.807) is 0 Å². The summed E-state index contributed by atoms with van der Waals surface area (Å²) in [4.78, 5) is 10.8. The van der Waals surface area contributed by atoms with Crippen molar-refractivity contribution in [1.82, 2.24) is 0 Å². The Balaban J connectivity index is 2.12. The van der Waals surface area contributed by atoms with Gasteiger partial charge in [-0.1, -0.05) is 24.3 Å². The van der Waals surface area contributed by atoms with Crippen LogP contribution in [-0.4, -0.2) is 22.8 Å². The van der Waals surface area contributed by atoms with Crippen molar-refractivity contribution in [3.63, 3.8) is 0 Å². The van der Waals surface area contributed by atoms with Crippen LogP contribution < -0.4 is 0 Å². The Labute approximate surface area is 94.7 Å². The highest BCUT2D eigenvalue weighted by Crippen LogP contribution is 2.50. The Morgan fingerprint density at radius 2 is 1.88 bits per heavy atom. The molecule has 0 aromatic heterocycles. The molecule has 2 N–H and O–H groups in total. The van der Waals surface area contributed by atoms with Crippen molar-refractivity contribution in [2.45, 2.75) is 31.1 Å². The number of benzene rings is 1. The zero-order valence-electron chi connectivity index (χ0n) is 9.15. The molecule has 0 spiro atoms. The molecule has 0 aliphatic heterocycles. The van der Waals surface area contributed by atoms with Crippen LogP contribution in [0.15, 0.2) is 24.3 Å². The molecule has 3 heteroatoms. The van der Waals surface area contributed by atoms with Crippen molar-refractivity contribution in [2.75, 3.05) is 6.61 Å². The summed E-state index contributed by atoms with van der Waals surface area (Å²) in [7, 11) is 0. The molecule has 0 heterocycles. The third-order valence-corrected chi connectivity index (χ3v) is 3.31. The molecule has 1 fully saturated rings. The number of hydrogen-bond donors (Lipinski definition) is 2. The normalized spacial score (nSPS) is 17.1. The Kier molecular flexibility index (Phi) is 2.97. The summed E-state index contributed by atoms with van der Waals surface area (Å²) in [6.45, 7) is 0.152. The zero-order valence-corrected chi connectivity index (χ0v) is 9.15. The lowest BCUT2D eigenvalue weighted by molar-refractivity contribution is -0.137. The van der Waals surface area contributed by atoms with E-state index < -0.39 is 5.97 Å². The van der Waals surface area contributed by atoms with Crippen LogP contribution in [0.25, 0.3) is 0 Å². The van der Waals surface area contributed by atoms with Crippen LogP contribution in [0.3, 0.4) is 0 Å². The van der Waals surface area contributed by atoms with Gasteiger partial charge in [0.15, 0.2) is 0 Å². The minimum atomic E-state index is -0.725. The maximum absolute atomic E-state index is 10.8. The third kappa shape index (κ3) is 2.25. The first-order valence-electron chi connectivity index (χ1n) is 5.58. The van der Waals surface area contributed by atoms with Gasteiger partial charge in [-0.3, -0.25) is 4.79 Å². The summed E-state index contributed by atoms with van der Waals surface area (Å²) < 4.78 is 0. The van der Waals surface area contributed by atoms with Gasteiger partial charge in [0.25, 0.3) is 0 Å². The summed E-state index contributed by atoms with van der Waals surface area (Å²) in [5, 5.41) is 17.7. The zero-order chi connectivity index (χ0) is 11.6. The summed E-state index contributed by atoms with van der Waals surface area (Å²) >= 11 is 0. The number of hydrogen-bond acceptors (Lipinski definition) is 2. The molecular formula is C13H16O3. The van der Waals surface area contributed by atoms with Crippen molar-refractivity contribution in [3.05, 3.63) is 35.4 Å². The van der Waals surface area contributed by atoms with E-state index in [4.69, 9.17) is 10.2 Å². The van der Waals surface area contributed by atoms with Crippen molar-refractivity contribution >= 4 is 5.97 Å². The molecule has 1 aromatic carbocycles. The molecule has 0 amide bonds. The number of carboxylic acid groups (broad SMARTS) is 1. The summed E-state index contributed by atoms with van der Waals surface area (Å²) in [6, 6.07) is 7.96. The van der Waals surface area contributed by atoms with Crippen LogP contribution in [-0.2, 0) is 16.6 Å². The Morgan fingerprint density at radius 3 is 2.31 bits per heavy atom. The Hall–Kier alpha value is -1.35. The van der Waals surface area contributed by atoms with Crippen LogP contribution in [0, 0.1) is 0 Å². The lowest BCUT2D eigenvalue weighted by Crippen LogP contribution is -2.12. The molecule has 1 aliphatic carbocycles. The highest BCUT2D eigenvalue weighted by molar-refractivity contribution is 5.70. The molecule has 0 unspecified atom stereocenters. The van der Waals surface area contributed by atoms with Gasteiger partial charge in [-0.05, 0) is 30.4 Å². The van der Waals surface area contributed by atoms with Crippen molar-refractivity contribution in [2.24, 2.45) is 0 Å². The summed E-state index contributed by atoms with van der Waals surface area (Å²) in [5.41, 5.74) is 2.11. The first kappa shape index (κ1) is 11.1. The Morgan fingerprint density at radius 1 is 1.25 bits per heavy atom. The fraction of sp³-hybridized carbons (Fsp3) is 0.462. The molecule has 1 saturated carbocycles. The van der Waals surface area contributed by atoms with Crippen LogP contribution in [0.4, 0.5) is 0 Å². The van der Waals surface area contributed by atoms with Crippen LogP contribution in [0.5, 0.6) is 0 Å². The Bertz CT molecular complexity index is 377. The standard InChI is InChI=1S/C13H16O3/c14-8-5-10-1-3-11(4-2-10)13(6-7-13)9-12(15)16/h1-4,14H,5-9H2,(H,15,16). The number of aliphatic hydroxyl groups is 1. The topological polar surface area (TPSA) is 57.5 Å². The van der Waals surface area contributed by atoms with Gasteiger partial charge in [-0.15, -0.1) is 0 Å². The predicted molar refractivity (Wildman–Crippen MR) is 60.4 cm³/mol. The van der Waals surface area contributed by atoms with Crippen LogP contribution in [0.1, 0.15) is 30.4 Å². The molecule has 0 saturated heterocycles. The molecular weight excluding hydrogens is 204 g/mol. The highest BCUT2D eigenvalue weighted by Gasteiger charge is 2.45. The largest absolute Gasteiger partial charge is 0.481 e. The molecule has 2 rings (SSSR count). The second-order valence-electron chi connectivity index (χ2n) is 4.52. The van der Waals surface area contributed by atoms with Crippen LogP contribution >= 0.6 is 0 Å². The molecule has 3 nitrogen and oxygen atoms in total. The fourth-order valence-corrected chi connectivity index (χ4v) is 2.16. The van der Waals surface area contributed by atoms with Gasteiger partial charge < -0.3 is 10.2 Å². The van der Waals surface area contributed by atoms with Crippen molar-refractivity contribution < 1.29 is 15.0 Å². The molecule has 0 atom stereocenters. The van der Waals surface area contributed by atoms with Gasteiger partial charge in [0, 0.05) is 12.0 Å². The van der Waals surface area contributed by atoms with E-state index in [-0.39, 0.29) is 18.4 Å². The van der Waals surface area contributed by atoms with E-state index in [2.05, 4.69) is 0 Å². The van der Waals surface area contributed by atoms with Gasteiger partial charge in [-0.2, -0.15) is 0 Å². The first-order chi connectivity index (χ1) is 7.66. The quantitative estimate of drug-likeness (QED) is 0.794. The molecule has 0 bridgehead atoms. The van der Waals surface area contributed by atoms with Crippen molar-refractivity contribution in [1.29, 1.82) is 0 Å². The third-order valence-electron chi connectivity index (χ3n) is 3.31.